The van der Waals surface area contributed by atoms with E-state index in [-0.39, 0.29) is 23.3 Å². The number of anilines is 1. The number of hydrogen-bond donors (Lipinski definition) is 1. The molecule has 2 aliphatic rings. The Balaban J connectivity index is 1.47. The van der Waals surface area contributed by atoms with Crippen LogP contribution in [0, 0.1) is 0 Å². The summed E-state index contributed by atoms with van der Waals surface area (Å²) in [4.78, 5) is 33.4. The van der Waals surface area contributed by atoms with Gasteiger partial charge in [-0.15, -0.1) is 0 Å². The highest BCUT2D eigenvalue weighted by Crippen LogP contribution is 2.44. The minimum atomic E-state index is -0.159. The van der Waals surface area contributed by atoms with Crippen LogP contribution in [0.5, 0.6) is 0 Å². The third-order valence-electron chi connectivity index (χ3n) is 6.14. The molecule has 2 aromatic rings. The number of nitrogens with zero attached hydrogens (tertiary/aromatic N) is 3. The number of rotatable bonds is 2. The lowest BCUT2D eigenvalue weighted by Gasteiger charge is -2.43. The highest BCUT2D eigenvalue weighted by atomic mass is 16.2. The van der Waals surface area contributed by atoms with Gasteiger partial charge >= 0.3 is 0 Å². The summed E-state index contributed by atoms with van der Waals surface area (Å²) in [5.41, 5.74) is 7.08. The summed E-state index contributed by atoms with van der Waals surface area (Å²) in [7, 11) is 1.91. The maximum absolute atomic E-state index is 12.9. The minimum Gasteiger partial charge on any atom is -0.384 e. The van der Waals surface area contributed by atoms with Gasteiger partial charge in [0.2, 0.25) is 5.91 Å². The third-order valence-corrected chi connectivity index (χ3v) is 6.14. The van der Waals surface area contributed by atoms with Crippen LogP contribution in [0.25, 0.3) is 0 Å². The van der Waals surface area contributed by atoms with Crippen molar-refractivity contribution in [2.24, 2.45) is 0 Å². The highest BCUT2D eigenvalue weighted by Gasteiger charge is 2.50. The second-order valence-electron chi connectivity index (χ2n) is 7.55. The van der Waals surface area contributed by atoms with Gasteiger partial charge in [0, 0.05) is 31.9 Å². The average molecular weight is 364 g/mol. The van der Waals surface area contributed by atoms with Crippen molar-refractivity contribution < 1.29 is 9.59 Å². The van der Waals surface area contributed by atoms with Crippen molar-refractivity contribution in [1.82, 2.24) is 14.8 Å². The predicted octanol–water partition coefficient (Wildman–Crippen LogP) is 2.28. The quantitative estimate of drug-likeness (QED) is 0.887. The molecule has 140 valence electrons. The maximum Gasteiger partial charge on any atom is 0.255 e. The molecule has 2 N–H and O–H groups in total. The molecule has 1 unspecified atom stereocenters. The molecule has 1 aromatic heterocycles. The minimum absolute atomic E-state index is 0.0241. The van der Waals surface area contributed by atoms with Crippen molar-refractivity contribution >= 4 is 17.6 Å². The number of benzene rings is 1. The number of hydrogen-bond acceptors (Lipinski definition) is 4. The van der Waals surface area contributed by atoms with Crippen LogP contribution in [0.15, 0.2) is 48.7 Å². The molecule has 2 aliphatic heterocycles. The molecule has 6 nitrogen and oxygen atoms in total. The summed E-state index contributed by atoms with van der Waals surface area (Å²) in [6.45, 7) is 1.28. The van der Waals surface area contributed by atoms with Crippen LogP contribution in [-0.2, 0) is 4.79 Å². The van der Waals surface area contributed by atoms with Gasteiger partial charge in [-0.05, 0) is 37.0 Å². The number of likely N-dealkylation sites (N-methyl/N-ethyl adjacent to an activating group) is 1. The Morgan fingerprint density at radius 2 is 1.85 bits per heavy atom. The Morgan fingerprint density at radius 1 is 1.15 bits per heavy atom. The van der Waals surface area contributed by atoms with Crippen molar-refractivity contribution in [3.8, 4) is 0 Å². The fraction of sp³-hybridized carbons (Fsp3) is 0.381. The van der Waals surface area contributed by atoms with Gasteiger partial charge in [0.1, 0.15) is 5.82 Å². The fourth-order valence-corrected chi connectivity index (χ4v) is 4.40. The molecule has 2 saturated heterocycles. The molecule has 27 heavy (non-hydrogen) atoms. The number of amides is 2. The zero-order chi connectivity index (χ0) is 19.0. The van der Waals surface area contributed by atoms with E-state index in [0.717, 1.165) is 24.8 Å². The van der Waals surface area contributed by atoms with Gasteiger partial charge in [0.25, 0.3) is 5.91 Å². The van der Waals surface area contributed by atoms with Gasteiger partial charge in [0.05, 0.1) is 11.5 Å². The zero-order valence-electron chi connectivity index (χ0n) is 15.5. The predicted molar refractivity (Wildman–Crippen MR) is 103 cm³/mol. The SMILES string of the molecule is CN1C(=O)C(c2ccccc2)CC12CCN(C(=O)c1ccc(N)nc1)CC2. The van der Waals surface area contributed by atoms with Gasteiger partial charge in [-0.3, -0.25) is 9.59 Å². The largest absolute Gasteiger partial charge is 0.384 e. The van der Waals surface area contributed by atoms with Crippen molar-refractivity contribution in [3.63, 3.8) is 0 Å². The Bertz CT molecular complexity index is 842. The molecule has 1 spiro atoms. The first-order valence-electron chi connectivity index (χ1n) is 9.34. The Morgan fingerprint density at radius 3 is 2.48 bits per heavy atom. The van der Waals surface area contributed by atoms with Crippen LogP contribution in [0.2, 0.25) is 0 Å². The molecule has 3 heterocycles. The lowest BCUT2D eigenvalue weighted by Crippen LogP contribution is -2.52. The van der Waals surface area contributed by atoms with Crippen LogP contribution in [0.3, 0.4) is 0 Å². The summed E-state index contributed by atoms with van der Waals surface area (Å²) in [5.74, 6) is 0.481. The fourth-order valence-electron chi connectivity index (χ4n) is 4.40. The first-order valence-corrected chi connectivity index (χ1v) is 9.34. The lowest BCUT2D eigenvalue weighted by atomic mass is 9.81. The van der Waals surface area contributed by atoms with Crippen molar-refractivity contribution in [1.29, 1.82) is 0 Å². The second-order valence-corrected chi connectivity index (χ2v) is 7.55. The Kier molecular flexibility index (Phi) is 4.34. The highest BCUT2D eigenvalue weighted by molar-refractivity contribution is 5.94. The number of piperidine rings is 1. The molecule has 0 saturated carbocycles. The van der Waals surface area contributed by atoms with Crippen molar-refractivity contribution in [2.45, 2.75) is 30.7 Å². The van der Waals surface area contributed by atoms with E-state index in [9.17, 15) is 9.59 Å². The van der Waals surface area contributed by atoms with E-state index < -0.39 is 0 Å². The molecular formula is C21H24N4O2. The number of carbonyl (C=O) groups is 2. The zero-order valence-corrected chi connectivity index (χ0v) is 15.5. The molecule has 2 amide bonds. The van der Waals surface area contributed by atoms with Gasteiger partial charge in [-0.25, -0.2) is 4.98 Å². The van der Waals surface area contributed by atoms with E-state index in [2.05, 4.69) is 4.98 Å². The average Bonchev–Trinajstić information content (AvgIpc) is 2.95. The van der Waals surface area contributed by atoms with Crippen LogP contribution in [0.4, 0.5) is 5.82 Å². The molecule has 2 fully saturated rings. The first-order chi connectivity index (χ1) is 13.0. The summed E-state index contributed by atoms with van der Waals surface area (Å²) in [6.07, 6.45) is 3.94. The molecule has 0 radical (unpaired) electrons. The van der Waals surface area contributed by atoms with E-state index in [0.29, 0.717) is 24.5 Å². The number of nitrogens with two attached hydrogens (primary N) is 1. The van der Waals surface area contributed by atoms with Gasteiger partial charge < -0.3 is 15.5 Å². The number of aromatic nitrogens is 1. The number of likely N-dealkylation sites (tertiary alicyclic amines) is 2. The molecule has 4 rings (SSSR count). The summed E-state index contributed by atoms with van der Waals surface area (Å²) >= 11 is 0. The smallest absolute Gasteiger partial charge is 0.255 e. The monoisotopic (exact) mass is 364 g/mol. The van der Waals surface area contributed by atoms with E-state index in [1.54, 1.807) is 12.1 Å². The van der Waals surface area contributed by atoms with E-state index in [1.165, 1.54) is 6.20 Å². The van der Waals surface area contributed by atoms with Crippen LogP contribution in [-0.4, -0.2) is 52.3 Å². The number of nitrogen functional groups attached to an aromatic ring is 1. The lowest BCUT2D eigenvalue weighted by molar-refractivity contribution is -0.131. The van der Waals surface area contributed by atoms with Crippen LogP contribution < -0.4 is 5.73 Å². The second kappa shape index (κ2) is 6.68. The third kappa shape index (κ3) is 3.05. The van der Waals surface area contributed by atoms with Gasteiger partial charge in [0.15, 0.2) is 0 Å². The van der Waals surface area contributed by atoms with Crippen molar-refractivity contribution in [3.05, 3.63) is 59.8 Å². The topological polar surface area (TPSA) is 79.5 Å². The van der Waals surface area contributed by atoms with Crippen LogP contribution >= 0.6 is 0 Å². The normalized spacial score (nSPS) is 21.7. The van der Waals surface area contributed by atoms with Gasteiger partial charge in [-0.2, -0.15) is 0 Å². The Hall–Kier alpha value is -2.89. The summed E-state index contributed by atoms with van der Waals surface area (Å²) in [6, 6.07) is 13.4. The van der Waals surface area contributed by atoms with E-state index in [1.807, 2.05) is 47.2 Å². The number of carbonyl (C=O) groups excluding carboxylic acids is 2. The molecular weight excluding hydrogens is 340 g/mol. The standard InChI is InChI=1S/C21H24N4O2/c1-24-20(27)17(15-5-3-2-4-6-15)13-21(24)9-11-25(12-10-21)19(26)16-7-8-18(22)23-14-16/h2-8,14,17H,9-13H2,1H3,(H2,22,23). The molecule has 6 heteroatoms. The molecule has 1 atom stereocenters. The van der Waals surface area contributed by atoms with E-state index >= 15 is 0 Å². The number of pyridine rings is 1. The maximum atomic E-state index is 12.9. The van der Waals surface area contributed by atoms with E-state index in [4.69, 9.17) is 5.73 Å². The summed E-state index contributed by atoms with van der Waals surface area (Å²) in [5, 5.41) is 0. The molecule has 1 aromatic carbocycles. The Labute approximate surface area is 159 Å². The van der Waals surface area contributed by atoms with Gasteiger partial charge in [-0.1, -0.05) is 30.3 Å². The van der Waals surface area contributed by atoms with Crippen LogP contribution in [0.1, 0.15) is 41.1 Å². The first kappa shape index (κ1) is 17.5. The van der Waals surface area contributed by atoms with Crippen molar-refractivity contribution in [2.75, 3.05) is 25.9 Å². The molecule has 0 aliphatic carbocycles. The summed E-state index contributed by atoms with van der Waals surface area (Å²) < 4.78 is 0. The molecule has 0 bridgehead atoms.